The maximum Gasteiger partial charge on any atom is 0.225 e. The number of hydrogen-bond donors (Lipinski definition) is 1. The standard InChI is InChI=1S/C16H29NO3/c1-13-3-5-14(6-4-13)16(19)17-9-7-15(8-10-17)20-12-2-11-18/h13-15,18H,2-12H2,1H3. The summed E-state index contributed by atoms with van der Waals surface area (Å²) in [5.74, 6) is 1.45. The van der Waals surface area contributed by atoms with Gasteiger partial charge in [-0.2, -0.15) is 0 Å². The first kappa shape index (κ1) is 15.8. The van der Waals surface area contributed by atoms with Crippen molar-refractivity contribution < 1.29 is 14.6 Å². The molecule has 116 valence electrons. The topological polar surface area (TPSA) is 49.8 Å². The SMILES string of the molecule is CC1CCC(C(=O)N2CCC(OCCCO)CC2)CC1. The van der Waals surface area contributed by atoms with Crippen LogP contribution in [0.5, 0.6) is 0 Å². The molecule has 1 aliphatic heterocycles. The van der Waals surface area contributed by atoms with Gasteiger partial charge in [0.1, 0.15) is 0 Å². The molecule has 0 bridgehead atoms. The number of aliphatic hydroxyl groups is 1. The molecule has 4 heteroatoms. The minimum atomic E-state index is 0.192. The summed E-state index contributed by atoms with van der Waals surface area (Å²) in [5.41, 5.74) is 0. The van der Waals surface area contributed by atoms with Crippen LogP contribution in [0.1, 0.15) is 51.9 Å². The van der Waals surface area contributed by atoms with E-state index in [9.17, 15) is 4.79 Å². The van der Waals surface area contributed by atoms with Crippen molar-refractivity contribution >= 4 is 5.91 Å². The molecule has 0 atom stereocenters. The number of carbonyl (C=O) groups excluding carboxylic acids is 1. The van der Waals surface area contributed by atoms with Crippen molar-refractivity contribution in [2.24, 2.45) is 11.8 Å². The first-order valence-electron chi connectivity index (χ1n) is 8.22. The van der Waals surface area contributed by atoms with E-state index in [0.717, 1.165) is 44.7 Å². The maximum atomic E-state index is 12.5. The van der Waals surface area contributed by atoms with Gasteiger partial charge in [-0.05, 0) is 50.9 Å². The van der Waals surface area contributed by atoms with E-state index in [0.29, 0.717) is 18.9 Å². The van der Waals surface area contributed by atoms with Crippen LogP contribution < -0.4 is 0 Å². The summed E-state index contributed by atoms with van der Waals surface area (Å²) in [6.45, 7) is 4.80. The van der Waals surface area contributed by atoms with Crippen LogP contribution in [0, 0.1) is 11.8 Å². The zero-order chi connectivity index (χ0) is 14.4. The molecule has 2 rings (SSSR count). The van der Waals surface area contributed by atoms with E-state index in [-0.39, 0.29) is 18.6 Å². The molecule has 20 heavy (non-hydrogen) atoms. The minimum Gasteiger partial charge on any atom is -0.396 e. The lowest BCUT2D eigenvalue weighted by atomic mass is 9.82. The van der Waals surface area contributed by atoms with Gasteiger partial charge in [-0.1, -0.05) is 6.92 Å². The number of piperidine rings is 1. The van der Waals surface area contributed by atoms with Crippen molar-refractivity contribution in [1.29, 1.82) is 0 Å². The molecule has 0 aromatic carbocycles. The molecule has 0 unspecified atom stereocenters. The van der Waals surface area contributed by atoms with Crippen LogP contribution >= 0.6 is 0 Å². The number of likely N-dealkylation sites (tertiary alicyclic amines) is 1. The van der Waals surface area contributed by atoms with Crippen molar-refractivity contribution in [2.75, 3.05) is 26.3 Å². The monoisotopic (exact) mass is 283 g/mol. The third-order valence-corrected chi connectivity index (χ3v) is 4.77. The Morgan fingerprint density at radius 1 is 1.15 bits per heavy atom. The smallest absolute Gasteiger partial charge is 0.225 e. The Kier molecular flexibility index (Phi) is 6.30. The van der Waals surface area contributed by atoms with Gasteiger partial charge >= 0.3 is 0 Å². The quantitative estimate of drug-likeness (QED) is 0.787. The van der Waals surface area contributed by atoms with Gasteiger partial charge in [-0.3, -0.25) is 4.79 Å². The fourth-order valence-corrected chi connectivity index (χ4v) is 3.32. The van der Waals surface area contributed by atoms with Crippen LogP contribution in [0.3, 0.4) is 0 Å². The lowest BCUT2D eigenvalue weighted by molar-refractivity contribution is -0.139. The first-order valence-corrected chi connectivity index (χ1v) is 8.22. The molecule has 2 aliphatic rings. The molecule has 2 fully saturated rings. The highest BCUT2D eigenvalue weighted by Crippen LogP contribution is 2.30. The van der Waals surface area contributed by atoms with Crippen molar-refractivity contribution in [3.63, 3.8) is 0 Å². The average molecular weight is 283 g/mol. The second-order valence-electron chi connectivity index (χ2n) is 6.43. The lowest BCUT2D eigenvalue weighted by Gasteiger charge is -2.35. The van der Waals surface area contributed by atoms with E-state index in [1.54, 1.807) is 0 Å². The van der Waals surface area contributed by atoms with Crippen molar-refractivity contribution in [2.45, 2.75) is 58.0 Å². The van der Waals surface area contributed by atoms with E-state index in [4.69, 9.17) is 9.84 Å². The van der Waals surface area contributed by atoms with Crippen LogP contribution in [0.25, 0.3) is 0 Å². The number of rotatable bonds is 5. The second-order valence-corrected chi connectivity index (χ2v) is 6.43. The van der Waals surface area contributed by atoms with E-state index in [2.05, 4.69) is 6.92 Å². The van der Waals surface area contributed by atoms with Crippen molar-refractivity contribution in [3.05, 3.63) is 0 Å². The predicted octanol–water partition coefficient (Wildman–Crippen LogP) is 2.20. The zero-order valence-electron chi connectivity index (χ0n) is 12.7. The lowest BCUT2D eigenvalue weighted by Crippen LogP contribution is -2.44. The molecule has 1 saturated carbocycles. The molecular formula is C16H29NO3. The number of amides is 1. The summed E-state index contributed by atoms with van der Waals surface area (Å²) in [4.78, 5) is 14.5. The summed E-state index contributed by atoms with van der Waals surface area (Å²) >= 11 is 0. The fraction of sp³-hybridized carbons (Fsp3) is 0.938. The first-order chi connectivity index (χ1) is 9.70. The molecule has 0 aromatic rings. The molecule has 1 N–H and O–H groups in total. The van der Waals surface area contributed by atoms with Gasteiger partial charge in [0.2, 0.25) is 5.91 Å². The van der Waals surface area contributed by atoms with Gasteiger partial charge in [-0.15, -0.1) is 0 Å². The van der Waals surface area contributed by atoms with Crippen LogP contribution in [0.4, 0.5) is 0 Å². The summed E-state index contributed by atoms with van der Waals surface area (Å²) < 4.78 is 5.71. The molecule has 1 saturated heterocycles. The third-order valence-electron chi connectivity index (χ3n) is 4.77. The van der Waals surface area contributed by atoms with Crippen molar-refractivity contribution in [3.8, 4) is 0 Å². The van der Waals surface area contributed by atoms with Crippen LogP contribution in [0.2, 0.25) is 0 Å². The Morgan fingerprint density at radius 2 is 1.80 bits per heavy atom. The van der Waals surface area contributed by atoms with E-state index < -0.39 is 0 Å². The predicted molar refractivity (Wildman–Crippen MR) is 78.4 cm³/mol. The van der Waals surface area contributed by atoms with Gasteiger partial charge in [-0.25, -0.2) is 0 Å². The summed E-state index contributed by atoms with van der Waals surface area (Å²) in [5, 5.41) is 8.74. The molecule has 0 spiro atoms. The van der Waals surface area contributed by atoms with E-state index in [1.807, 2.05) is 4.90 Å². The van der Waals surface area contributed by atoms with Gasteiger partial charge < -0.3 is 14.7 Å². The number of hydrogen-bond acceptors (Lipinski definition) is 3. The Labute approximate surface area is 122 Å². The Bertz CT molecular complexity index is 292. The molecule has 1 amide bonds. The summed E-state index contributed by atoms with van der Waals surface area (Å²) in [6, 6.07) is 0. The molecule has 1 heterocycles. The van der Waals surface area contributed by atoms with E-state index >= 15 is 0 Å². The Morgan fingerprint density at radius 3 is 2.40 bits per heavy atom. The number of nitrogens with zero attached hydrogens (tertiary/aromatic N) is 1. The zero-order valence-corrected chi connectivity index (χ0v) is 12.7. The molecule has 0 radical (unpaired) electrons. The summed E-state index contributed by atoms with van der Waals surface area (Å²) in [7, 11) is 0. The normalized spacial score (nSPS) is 28.6. The van der Waals surface area contributed by atoms with Gasteiger partial charge in [0.05, 0.1) is 6.10 Å². The summed E-state index contributed by atoms with van der Waals surface area (Å²) in [6.07, 6.45) is 7.44. The Hall–Kier alpha value is -0.610. The van der Waals surface area contributed by atoms with Gasteiger partial charge in [0.15, 0.2) is 0 Å². The molecular weight excluding hydrogens is 254 g/mol. The minimum absolute atomic E-state index is 0.192. The van der Waals surface area contributed by atoms with Crippen molar-refractivity contribution in [1.82, 2.24) is 4.90 Å². The molecule has 4 nitrogen and oxygen atoms in total. The largest absolute Gasteiger partial charge is 0.396 e. The van der Waals surface area contributed by atoms with E-state index in [1.165, 1.54) is 12.8 Å². The molecule has 0 aromatic heterocycles. The van der Waals surface area contributed by atoms with Gasteiger partial charge in [0.25, 0.3) is 0 Å². The van der Waals surface area contributed by atoms with Crippen LogP contribution in [-0.2, 0) is 9.53 Å². The fourth-order valence-electron chi connectivity index (χ4n) is 3.32. The number of aliphatic hydroxyl groups excluding tert-OH is 1. The third kappa shape index (κ3) is 4.45. The highest BCUT2D eigenvalue weighted by atomic mass is 16.5. The average Bonchev–Trinajstić information content (AvgIpc) is 2.48. The number of carbonyl (C=O) groups is 1. The molecule has 1 aliphatic carbocycles. The highest BCUT2D eigenvalue weighted by molar-refractivity contribution is 5.79. The van der Waals surface area contributed by atoms with Gasteiger partial charge in [0, 0.05) is 32.2 Å². The second kappa shape index (κ2) is 7.99. The maximum absolute atomic E-state index is 12.5. The highest BCUT2D eigenvalue weighted by Gasteiger charge is 2.30. The number of ether oxygens (including phenoxy) is 1. The van der Waals surface area contributed by atoms with Crippen LogP contribution in [0.15, 0.2) is 0 Å². The van der Waals surface area contributed by atoms with Crippen LogP contribution in [-0.4, -0.2) is 48.3 Å². The Balaban J connectivity index is 1.69.